The van der Waals surface area contributed by atoms with Gasteiger partial charge in [0.15, 0.2) is 5.82 Å². The van der Waals surface area contributed by atoms with Gasteiger partial charge in [-0.05, 0) is 31.7 Å². The summed E-state index contributed by atoms with van der Waals surface area (Å²) in [5.41, 5.74) is 0.933. The average molecular weight is 529 g/mol. The SMILES string of the molecule is COc1cnc(CNC(=O)C2CCN(C(=O)c3cc(-c4cc(OC)ncc4F)n[nH]3)C3(CC3)C2)c(Cl)c1. The van der Waals surface area contributed by atoms with Gasteiger partial charge >= 0.3 is 0 Å². The molecule has 1 saturated heterocycles. The van der Waals surface area contributed by atoms with Gasteiger partial charge in [-0.3, -0.25) is 19.7 Å². The second kappa shape index (κ2) is 9.97. The molecule has 2 aliphatic rings. The zero-order valence-corrected chi connectivity index (χ0v) is 21.1. The van der Waals surface area contributed by atoms with E-state index in [0.717, 1.165) is 19.0 Å². The first-order chi connectivity index (χ1) is 17.8. The van der Waals surface area contributed by atoms with Crippen LogP contribution in [0.1, 0.15) is 41.9 Å². The number of hydrogen-bond donors (Lipinski definition) is 2. The molecule has 2 N–H and O–H groups in total. The van der Waals surface area contributed by atoms with Crippen molar-refractivity contribution in [2.24, 2.45) is 5.92 Å². The number of aromatic nitrogens is 4. The molecular formula is C25H26ClFN6O4. The first-order valence-corrected chi connectivity index (χ1v) is 12.2. The van der Waals surface area contributed by atoms with Gasteiger partial charge in [-0.1, -0.05) is 11.6 Å². The molecule has 10 nitrogen and oxygen atoms in total. The van der Waals surface area contributed by atoms with Gasteiger partial charge in [0.1, 0.15) is 11.4 Å². The van der Waals surface area contributed by atoms with E-state index in [-0.39, 0.29) is 52.6 Å². The number of halogens is 2. The van der Waals surface area contributed by atoms with Crippen LogP contribution in [-0.2, 0) is 11.3 Å². The quantitative estimate of drug-likeness (QED) is 0.482. The Balaban J connectivity index is 1.23. The number of methoxy groups -OCH3 is 2. The Hall–Kier alpha value is -3.73. The highest BCUT2D eigenvalue weighted by Gasteiger charge is 2.54. The van der Waals surface area contributed by atoms with Gasteiger partial charge in [0.2, 0.25) is 11.8 Å². The molecule has 5 rings (SSSR count). The van der Waals surface area contributed by atoms with E-state index in [0.29, 0.717) is 35.9 Å². The molecule has 1 aliphatic heterocycles. The number of pyridine rings is 2. The zero-order valence-electron chi connectivity index (χ0n) is 20.4. The van der Waals surface area contributed by atoms with E-state index >= 15 is 0 Å². The smallest absolute Gasteiger partial charge is 0.272 e. The third-order valence-electron chi connectivity index (χ3n) is 7.02. The van der Waals surface area contributed by atoms with Crippen LogP contribution in [0.5, 0.6) is 11.6 Å². The number of rotatable bonds is 7. The van der Waals surface area contributed by atoms with E-state index in [1.165, 1.54) is 26.4 Å². The fraction of sp³-hybridized carbons (Fsp3) is 0.400. The second-order valence-electron chi connectivity index (χ2n) is 9.27. The lowest BCUT2D eigenvalue weighted by Gasteiger charge is -2.39. The van der Waals surface area contributed by atoms with E-state index < -0.39 is 5.82 Å². The van der Waals surface area contributed by atoms with Crippen molar-refractivity contribution in [1.82, 2.24) is 30.4 Å². The van der Waals surface area contributed by atoms with Crippen molar-refractivity contribution in [3.8, 4) is 22.9 Å². The van der Waals surface area contributed by atoms with Gasteiger partial charge in [-0.25, -0.2) is 9.37 Å². The van der Waals surface area contributed by atoms with E-state index in [4.69, 9.17) is 21.1 Å². The first-order valence-electron chi connectivity index (χ1n) is 11.9. The van der Waals surface area contributed by atoms with Gasteiger partial charge in [0, 0.05) is 35.7 Å². The maximum absolute atomic E-state index is 14.3. The molecule has 1 unspecified atom stereocenters. The Morgan fingerprint density at radius 1 is 1.22 bits per heavy atom. The predicted molar refractivity (Wildman–Crippen MR) is 132 cm³/mol. The number of carbonyl (C=O) groups excluding carboxylic acids is 2. The van der Waals surface area contributed by atoms with Crippen molar-refractivity contribution < 1.29 is 23.5 Å². The maximum atomic E-state index is 14.3. The standard InChI is InChI=1S/C25H26ClFN6O4/c1-36-15-7-17(26)21(28-11-15)13-30-23(34)14-3-6-33(25(10-14)4-5-25)24(35)20-9-19(31-32-20)16-8-22(37-2)29-12-18(16)27/h7-9,11-12,14H,3-6,10,13H2,1-2H3,(H,30,34)(H,31,32). The number of nitrogens with one attached hydrogen (secondary N) is 2. The van der Waals surface area contributed by atoms with Crippen LogP contribution >= 0.6 is 11.6 Å². The fourth-order valence-corrected chi connectivity index (χ4v) is 5.02. The van der Waals surface area contributed by atoms with Crippen LogP contribution < -0.4 is 14.8 Å². The molecule has 1 atom stereocenters. The molecule has 2 fully saturated rings. The minimum Gasteiger partial charge on any atom is -0.495 e. The van der Waals surface area contributed by atoms with Crippen molar-refractivity contribution in [2.75, 3.05) is 20.8 Å². The Kier molecular flexibility index (Phi) is 6.72. The highest BCUT2D eigenvalue weighted by Crippen LogP contribution is 2.50. The van der Waals surface area contributed by atoms with Crippen molar-refractivity contribution in [2.45, 2.75) is 37.8 Å². The molecule has 1 aliphatic carbocycles. The summed E-state index contributed by atoms with van der Waals surface area (Å²) in [7, 11) is 2.97. The van der Waals surface area contributed by atoms with E-state index in [1.807, 2.05) is 4.90 Å². The molecule has 1 saturated carbocycles. The summed E-state index contributed by atoms with van der Waals surface area (Å²) in [4.78, 5) is 36.2. The van der Waals surface area contributed by atoms with Crippen molar-refractivity contribution in [1.29, 1.82) is 0 Å². The molecule has 12 heteroatoms. The maximum Gasteiger partial charge on any atom is 0.272 e. The molecule has 0 bridgehead atoms. The number of amides is 2. The third kappa shape index (κ3) is 4.95. The number of likely N-dealkylation sites (tertiary alicyclic amines) is 1. The molecule has 2 amide bonds. The zero-order chi connectivity index (χ0) is 26.2. The van der Waals surface area contributed by atoms with Gasteiger partial charge in [0.25, 0.3) is 5.91 Å². The molecule has 4 heterocycles. The van der Waals surface area contributed by atoms with Crippen LogP contribution in [0.3, 0.4) is 0 Å². The predicted octanol–water partition coefficient (Wildman–Crippen LogP) is 3.38. The van der Waals surface area contributed by atoms with Crippen LogP contribution in [0.25, 0.3) is 11.3 Å². The molecule has 3 aromatic rings. The van der Waals surface area contributed by atoms with Crippen LogP contribution in [0, 0.1) is 11.7 Å². The lowest BCUT2D eigenvalue weighted by Crippen LogP contribution is -2.50. The lowest BCUT2D eigenvalue weighted by molar-refractivity contribution is -0.127. The summed E-state index contributed by atoms with van der Waals surface area (Å²) in [5, 5.41) is 10.2. The Bertz CT molecular complexity index is 1340. The number of ether oxygens (including phenoxy) is 2. The summed E-state index contributed by atoms with van der Waals surface area (Å²) in [6.45, 7) is 0.644. The summed E-state index contributed by atoms with van der Waals surface area (Å²) in [5.74, 6) is -0.302. The molecule has 0 aromatic carbocycles. The lowest BCUT2D eigenvalue weighted by atomic mass is 9.88. The second-order valence-corrected chi connectivity index (χ2v) is 9.67. The molecule has 1 spiro atoms. The van der Waals surface area contributed by atoms with Crippen LogP contribution in [0.4, 0.5) is 4.39 Å². The number of aromatic amines is 1. The minimum absolute atomic E-state index is 0.0852. The Morgan fingerprint density at radius 2 is 2.03 bits per heavy atom. The molecular weight excluding hydrogens is 503 g/mol. The molecule has 3 aromatic heterocycles. The minimum atomic E-state index is -0.567. The van der Waals surface area contributed by atoms with Gasteiger partial charge < -0.3 is 19.7 Å². The molecule has 0 radical (unpaired) electrons. The van der Waals surface area contributed by atoms with Crippen LogP contribution in [0.2, 0.25) is 5.02 Å². The van der Waals surface area contributed by atoms with Crippen molar-refractivity contribution in [3.63, 3.8) is 0 Å². The monoisotopic (exact) mass is 528 g/mol. The highest BCUT2D eigenvalue weighted by atomic mass is 35.5. The largest absolute Gasteiger partial charge is 0.495 e. The topological polar surface area (TPSA) is 122 Å². The number of H-pyrrole nitrogens is 1. The number of hydrogen-bond acceptors (Lipinski definition) is 7. The average Bonchev–Trinajstić information content (AvgIpc) is 3.48. The summed E-state index contributed by atoms with van der Waals surface area (Å²) in [6.07, 6.45) is 5.36. The van der Waals surface area contributed by atoms with E-state index in [9.17, 15) is 14.0 Å². The van der Waals surface area contributed by atoms with Crippen LogP contribution in [0.15, 0.2) is 30.6 Å². The number of piperidine rings is 1. The Morgan fingerprint density at radius 3 is 2.73 bits per heavy atom. The first kappa shape index (κ1) is 24.9. The Labute approximate surface area is 217 Å². The van der Waals surface area contributed by atoms with Crippen molar-refractivity contribution >= 4 is 23.4 Å². The van der Waals surface area contributed by atoms with Crippen LogP contribution in [-0.4, -0.2) is 63.2 Å². The summed E-state index contributed by atoms with van der Waals surface area (Å²) in [6, 6.07) is 4.61. The number of carbonyl (C=O) groups is 2. The highest BCUT2D eigenvalue weighted by molar-refractivity contribution is 6.31. The fourth-order valence-electron chi connectivity index (χ4n) is 4.80. The molecule has 37 heavy (non-hydrogen) atoms. The van der Waals surface area contributed by atoms with Gasteiger partial charge in [0.05, 0.1) is 49.6 Å². The van der Waals surface area contributed by atoms with E-state index in [1.54, 1.807) is 12.3 Å². The van der Waals surface area contributed by atoms with Gasteiger partial charge in [-0.15, -0.1) is 0 Å². The summed E-state index contributed by atoms with van der Waals surface area (Å²) < 4.78 is 24.5. The summed E-state index contributed by atoms with van der Waals surface area (Å²) >= 11 is 6.23. The van der Waals surface area contributed by atoms with E-state index in [2.05, 4.69) is 25.5 Å². The molecule has 194 valence electrons. The number of nitrogens with zero attached hydrogens (tertiary/aromatic N) is 4. The third-order valence-corrected chi connectivity index (χ3v) is 7.35. The van der Waals surface area contributed by atoms with Gasteiger partial charge in [-0.2, -0.15) is 5.10 Å². The van der Waals surface area contributed by atoms with Crippen molar-refractivity contribution in [3.05, 3.63) is 52.8 Å². The normalized spacial score (nSPS) is 17.9.